The summed E-state index contributed by atoms with van der Waals surface area (Å²) in [4.78, 5) is 11.3. The van der Waals surface area contributed by atoms with Crippen LogP contribution in [-0.2, 0) is 0 Å². The normalized spacial score (nSPS) is 12.8. The minimum Gasteiger partial charge on any atom is -0.318 e. The predicted octanol–water partition coefficient (Wildman–Crippen LogP) is 0.629. The number of likely N-dealkylation sites (N-methyl/N-ethyl adjacent to an activating group) is 1. The first-order chi connectivity index (χ1) is 5.75. The minimum atomic E-state index is 0.0558. The largest absolute Gasteiger partial charge is 0.318 e. The Bertz CT molecular complexity index is 293. The van der Waals surface area contributed by atoms with Gasteiger partial charge in [0.1, 0.15) is 0 Å². The maximum Gasteiger partial charge on any atom is 0.250 e. The van der Waals surface area contributed by atoms with Crippen molar-refractivity contribution in [3.63, 3.8) is 0 Å². The van der Waals surface area contributed by atoms with E-state index in [2.05, 4.69) is 5.32 Å². The molecule has 1 rings (SSSR count). The van der Waals surface area contributed by atoms with E-state index in [0.717, 1.165) is 6.54 Å². The van der Waals surface area contributed by atoms with Gasteiger partial charge in [0, 0.05) is 24.8 Å². The molecule has 1 N–H and O–H groups in total. The topological polar surface area (TPSA) is 34.0 Å². The van der Waals surface area contributed by atoms with E-state index in [1.54, 1.807) is 16.7 Å². The molecule has 0 aliphatic heterocycles. The van der Waals surface area contributed by atoms with Crippen LogP contribution in [0, 0.1) is 0 Å². The Morgan fingerprint density at radius 2 is 2.33 bits per heavy atom. The molecule has 0 fully saturated rings. The maximum atomic E-state index is 11.3. The molecule has 1 aromatic heterocycles. The molecule has 1 aromatic rings. The first-order valence-electron chi connectivity index (χ1n) is 4.07. The van der Waals surface area contributed by atoms with Crippen LogP contribution in [0.4, 0.5) is 0 Å². The highest BCUT2D eigenvalue weighted by Crippen LogP contribution is 1.97. The third kappa shape index (κ3) is 1.95. The lowest BCUT2D eigenvalue weighted by molar-refractivity contribution is 0.503. The molecule has 1 unspecified atom stereocenters. The van der Waals surface area contributed by atoms with Gasteiger partial charge in [-0.2, -0.15) is 0 Å². The van der Waals surface area contributed by atoms with Crippen LogP contribution in [0.3, 0.4) is 0 Å². The van der Waals surface area contributed by atoms with Crippen molar-refractivity contribution in [2.24, 2.45) is 0 Å². The van der Waals surface area contributed by atoms with Crippen LogP contribution in [-0.4, -0.2) is 18.2 Å². The van der Waals surface area contributed by atoms with Gasteiger partial charge in [-0.25, -0.2) is 0 Å². The standard InChI is InChI=1S/C9H14N2O/c1-8(7-10-2)11-6-4-3-5-9(11)12/h3-6,8,10H,7H2,1-2H3. The number of nitrogens with zero attached hydrogens (tertiary/aromatic N) is 1. The van der Waals surface area contributed by atoms with Crippen LogP contribution >= 0.6 is 0 Å². The van der Waals surface area contributed by atoms with Gasteiger partial charge >= 0.3 is 0 Å². The molecule has 0 spiro atoms. The second-order valence-electron chi connectivity index (χ2n) is 2.85. The van der Waals surface area contributed by atoms with Gasteiger partial charge in [-0.05, 0) is 20.0 Å². The van der Waals surface area contributed by atoms with E-state index in [0.29, 0.717) is 0 Å². The van der Waals surface area contributed by atoms with Crippen molar-refractivity contribution in [2.45, 2.75) is 13.0 Å². The second kappa shape index (κ2) is 4.07. The zero-order valence-corrected chi connectivity index (χ0v) is 7.45. The summed E-state index contributed by atoms with van der Waals surface area (Å²) in [5.74, 6) is 0. The number of nitrogens with one attached hydrogen (secondary N) is 1. The van der Waals surface area contributed by atoms with Gasteiger partial charge in [-0.1, -0.05) is 6.07 Å². The molecule has 0 aliphatic rings. The molecule has 0 saturated heterocycles. The van der Waals surface area contributed by atoms with Crippen LogP contribution in [0.5, 0.6) is 0 Å². The van der Waals surface area contributed by atoms with Gasteiger partial charge < -0.3 is 9.88 Å². The fourth-order valence-electron chi connectivity index (χ4n) is 1.20. The average molecular weight is 166 g/mol. The van der Waals surface area contributed by atoms with Gasteiger partial charge in [0.25, 0.3) is 5.56 Å². The van der Waals surface area contributed by atoms with Gasteiger partial charge in [0.05, 0.1) is 0 Å². The zero-order chi connectivity index (χ0) is 8.97. The third-order valence-corrected chi connectivity index (χ3v) is 1.83. The maximum absolute atomic E-state index is 11.3. The summed E-state index contributed by atoms with van der Waals surface area (Å²) in [6.07, 6.45) is 1.81. The summed E-state index contributed by atoms with van der Waals surface area (Å²) >= 11 is 0. The highest BCUT2D eigenvalue weighted by Gasteiger charge is 2.02. The van der Waals surface area contributed by atoms with E-state index < -0.39 is 0 Å². The molecule has 3 heteroatoms. The summed E-state index contributed by atoms with van der Waals surface area (Å²) < 4.78 is 1.72. The molecule has 0 bridgehead atoms. The molecule has 0 saturated carbocycles. The van der Waals surface area contributed by atoms with Crippen molar-refractivity contribution >= 4 is 0 Å². The Balaban J connectivity index is 2.87. The number of rotatable bonds is 3. The van der Waals surface area contributed by atoms with Gasteiger partial charge in [0.2, 0.25) is 0 Å². The van der Waals surface area contributed by atoms with E-state index in [-0.39, 0.29) is 11.6 Å². The Kier molecular flexibility index (Phi) is 3.05. The summed E-state index contributed by atoms with van der Waals surface area (Å²) in [5, 5.41) is 3.03. The highest BCUT2D eigenvalue weighted by atomic mass is 16.1. The third-order valence-electron chi connectivity index (χ3n) is 1.83. The van der Waals surface area contributed by atoms with Crippen LogP contribution in [0.2, 0.25) is 0 Å². The molecule has 3 nitrogen and oxygen atoms in total. The summed E-state index contributed by atoms with van der Waals surface area (Å²) in [6, 6.07) is 5.41. The van der Waals surface area contributed by atoms with Crippen LogP contribution in [0.25, 0.3) is 0 Å². The lowest BCUT2D eigenvalue weighted by Gasteiger charge is -2.13. The van der Waals surface area contributed by atoms with Crippen molar-refractivity contribution < 1.29 is 0 Å². The fraction of sp³-hybridized carbons (Fsp3) is 0.444. The highest BCUT2D eigenvalue weighted by molar-refractivity contribution is 4.94. The molecule has 1 heterocycles. The van der Waals surface area contributed by atoms with E-state index in [1.807, 2.05) is 26.2 Å². The Labute approximate surface area is 72.0 Å². The fourth-order valence-corrected chi connectivity index (χ4v) is 1.20. The van der Waals surface area contributed by atoms with E-state index in [1.165, 1.54) is 0 Å². The van der Waals surface area contributed by atoms with Crippen LogP contribution in [0.1, 0.15) is 13.0 Å². The Morgan fingerprint density at radius 1 is 1.58 bits per heavy atom. The molecule has 0 aromatic carbocycles. The smallest absolute Gasteiger partial charge is 0.250 e. The van der Waals surface area contributed by atoms with Crippen molar-refractivity contribution in [3.8, 4) is 0 Å². The van der Waals surface area contributed by atoms with Gasteiger partial charge in [-0.3, -0.25) is 4.79 Å². The van der Waals surface area contributed by atoms with Crippen molar-refractivity contribution in [1.82, 2.24) is 9.88 Å². The van der Waals surface area contributed by atoms with Crippen molar-refractivity contribution in [2.75, 3.05) is 13.6 Å². The first-order valence-corrected chi connectivity index (χ1v) is 4.07. The molecular formula is C9H14N2O. The number of aromatic nitrogens is 1. The Hall–Kier alpha value is -1.09. The average Bonchev–Trinajstić information content (AvgIpc) is 2.05. The number of hydrogen-bond acceptors (Lipinski definition) is 2. The SMILES string of the molecule is CNCC(C)n1ccccc1=O. The zero-order valence-electron chi connectivity index (χ0n) is 7.45. The lowest BCUT2D eigenvalue weighted by Crippen LogP contribution is -2.27. The number of hydrogen-bond donors (Lipinski definition) is 1. The van der Waals surface area contributed by atoms with E-state index in [4.69, 9.17) is 0 Å². The predicted molar refractivity (Wildman–Crippen MR) is 49.3 cm³/mol. The molecule has 0 amide bonds. The first kappa shape index (κ1) is 9.00. The van der Waals surface area contributed by atoms with Crippen molar-refractivity contribution in [1.29, 1.82) is 0 Å². The van der Waals surface area contributed by atoms with E-state index in [9.17, 15) is 4.79 Å². The van der Waals surface area contributed by atoms with Gasteiger partial charge in [-0.15, -0.1) is 0 Å². The molecule has 0 radical (unpaired) electrons. The lowest BCUT2D eigenvalue weighted by atomic mass is 10.3. The minimum absolute atomic E-state index is 0.0558. The molecule has 66 valence electrons. The van der Waals surface area contributed by atoms with Crippen LogP contribution < -0.4 is 10.9 Å². The van der Waals surface area contributed by atoms with Crippen molar-refractivity contribution in [3.05, 3.63) is 34.7 Å². The molecule has 0 aliphatic carbocycles. The summed E-state index contributed by atoms with van der Waals surface area (Å²) in [6.45, 7) is 2.82. The number of pyridine rings is 1. The Morgan fingerprint density at radius 3 is 2.92 bits per heavy atom. The second-order valence-corrected chi connectivity index (χ2v) is 2.85. The summed E-state index contributed by atoms with van der Waals surface area (Å²) in [7, 11) is 1.88. The van der Waals surface area contributed by atoms with E-state index >= 15 is 0 Å². The van der Waals surface area contributed by atoms with Gasteiger partial charge in [0.15, 0.2) is 0 Å². The van der Waals surface area contributed by atoms with Crippen LogP contribution in [0.15, 0.2) is 29.2 Å². The molecule has 12 heavy (non-hydrogen) atoms. The monoisotopic (exact) mass is 166 g/mol. The quantitative estimate of drug-likeness (QED) is 0.714. The molecule has 1 atom stereocenters. The summed E-state index contributed by atoms with van der Waals surface area (Å²) in [5.41, 5.74) is 0.0558. The molecular weight excluding hydrogens is 152 g/mol.